The molecule has 0 saturated heterocycles. The summed E-state index contributed by atoms with van der Waals surface area (Å²) in [6.45, 7) is 8.78. The Morgan fingerprint density at radius 2 is 2.08 bits per heavy atom. The summed E-state index contributed by atoms with van der Waals surface area (Å²) in [5.74, 6) is 2.49. The minimum atomic E-state index is 0.727. The van der Waals surface area contributed by atoms with Crippen molar-refractivity contribution in [3.05, 3.63) is 17.7 Å². The van der Waals surface area contributed by atoms with E-state index in [1.165, 1.54) is 5.69 Å². The van der Waals surface area contributed by atoms with Gasteiger partial charge in [0, 0.05) is 11.9 Å². The molecule has 1 unspecified atom stereocenters. The van der Waals surface area contributed by atoms with Crippen molar-refractivity contribution < 1.29 is 0 Å². The number of nitrogens with zero attached hydrogens (tertiary/aromatic N) is 1. The number of rotatable bonds is 3. The zero-order valence-electron chi connectivity index (χ0n) is 8.39. The van der Waals surface area contributed by atoms with Gasteiger partial charge in [0.05, 0.1) is 0 Å². The second kappa shape index (κ2) is 3.74. The van der Waals surface area contributed by atoms with Gasteiger partial charge in [0.1, 0.15) is 5.82 Å². The van der Waals surface area contributed by atoms with Gasteiger partial charge in [-0.05, 0) is 25.2 Å². The first kappa shape index (κ1) is 9.30. The van der Waals surface area contributed by atoms with Crippen LogP contribution in [0, 0.1) is 18.8 Å². The van der Waals surface area contributed by atoms with Crippen LogP contribution in [0.4, 0.5) is 0 Å². The Morgan fingerprint density at radius 3 is 2.50 bits per heavy atom. The van der Waals surface area contributed by atoms with E-state index in [9.17, 15) is 0 Å². The normalized spacial score (nSPS) is 13.8. The first-order valence-electron chi connectivity index (χ1n) is 4.60. The van der Waals surface area contributed by atoms with Crippen LogP contribution in [0.3, 0.4) is 0 Å². The van der Waals surface area contributed by atoms with Crippen molar-refractivity contribution in [2.75, 3.05) is 0 Å². The number of hydrogen-bond donors (Lipinski definition) is 1. The number of H-pyrrole nitrogens is 1. The number of imidazole rings is 1. The smallest absolute Gasteiger partial charge is 0.103 e. The van der Waals surface area contributed by atoms with Gasteiger partial charge in [-0.2, -0.15) is 0 Å². The molecule has 1 N–H and O–H groups in total. The summed E-state index contributed by atoms with van der Waals surface area (Å²) in [6.07, 6.45) is 3.05. The van der Waals surface area contributed by atoms with Gasteiger partial charge in [0.25, 0.3) is 0 Å². The van der Waals surface area contributed by atoms with E-state index >= 15 is 0 Å². The fourth-order valence-electron chi connectivity index (χ4n) is 1.16. The third kappa shape index (κ3) is 2.36. The Kier molecular flexibility index (Phi) is 2.90. The molecule has 1 rings (SSSR count). The van der Waals surface area contributed by atoms with E-state index in [1.54, 1.807) is 0 Å². The molecule has 0 aliphatic carbocycles. The molecule has 68 valence electrons. The molecule has 2 heteroatoms. The lowest BCUT2D eigenvalue weighted by atomic mass is 9.94. The molecule has 0 spiro atoms. The van der Waals surface area contributed by atoms with Crippen LogP contribution in [-0.4, -0.2) is 9.97 Å². The lowest BCUT2D eigenvalue weighted by Gasteiger charge is -2.13. The van der Waals surface area contributed by atoms with E-state index in [1.807, 2.05) is 13.1 Å². The fourth-order valence-corrected chi connectivity index (χ4v) is 1.16. The summed E-state index contributed by atoms with van der Waals surface area (Å²) in [6, 6.07) is 0. The fraction of sp³-hybridized carbons (Fsp3) is 0.700. The molecule has 1 heterocycles. The minimum Gasteiger partial charge on any atom is -0.346 e. The third-order valence-corrected chi connectivity index (χ3v) is 2.44. The largest absolute Gasteiger partial charge is 0.346 e. The van der Waals surface area contributed by atoms with Crippen LogP contribution in [0.25, 0.3) is 0 Å². The third-order valence-electron chi connectivity index (χ3n) is 2.44. The van der Waals surface area contributed by atoms with Crippen molar-refractivity contribution in [1.29, 1.82) is 0 Å². The van der Waals surface area contributed by atoms with Gasteiger partial charge in [0.15, 0.2) is 0 Å². The summed E-state index contributed by atoms with van der Waals surface area (Å²) in [5.41, 5.74) is 1.26. The summed E-state index contributed by atoms with van der Waals surface area (Å²) in [5, 5.41) is 0. The number of aromatic amines is 1. The molecule has 1 aromatic heterocycles. The predicted octanol–water partition coefficient (Wildman–Crippen LogP) is 2.55. The highest BCUT2D eigenvalue weighted by Crippen LogP contribution is 2.14. The van der Waals surface area contributed by atoms with E-state index in [0.29, 0.717) is 0 Å². The first-order chi connectivity index (χ1) is 5.59. The van der Waals surface area contributed by atoms with Gasteiger partial charge in [-0.3, -0.25) is 0 Å². The van der Waals surface area contributed by atoms with Crippen molar-refractivity contribution in [2.24, 2.45) is 11.8 Å². The molecule has 0 radical (unpaired) electrons. The molecule has 0 amide bonds. The highest BCUT2D eigenvalue weighted by atomic mass is 14.9. The second-order valence-corrected chi connectivity index (χ2v) is 3.92. The van der Waals surface area contributed by atoms with Gasteiger partial charge < -0.3 is 4.98 Å². The monoisotopic (exact) mass is 166 g/mol. The lowest BCUT2D eigenvalue weighted by Crippen LogP contribution is -2.07. The molecule has 1 atom stereocenters. The zero-order valence-corrected chi connectivity index (χ0v) is 8.39. The standard InChI is InChI=1S/C10H18N2/c1-7(2)8(3)5-10-6-11-9(4)12-10/h6-8H,5H2,1-4H3,(H,11,12). The van der Waals surface area contributed by atoms with Crippen LogP contribution in [0.1, 0.15) is 32.3 Å². The van der Waals surface area contributed by atoms with Gasteiger partial charge in [-0.1, -0.05) is 20.8 Å². The van der Waals surface area contributed by atoms with Crippen molar-refractivity contribution in [1.82, 2.24) is 9.97 Å². The van der Waals surface area contributed by atoms with E-state index in [-0.39, 0.29) is 0 Å². The van der Waals surface area contributed by atoms with Gasteiger partial charge >= 0.3 is 0 Å². The van der Waals surface area contributed by atoms with E-state index in [2.05, 4.69) is 30.7 Å². The average Bonchev–Trinajstić information content (AvgIpc) is 2.35. The van der Waals surface area contributed by atoms with Crippen molar-refractivity contribution in [3.63, 3.8) is 0 Å². The molecule has 0 aromatic carbocycles. The Morgan fingerprint density at radius 1 is 1.42 bits per heavy atom. The van der Waals surface area contributed by atoms with Gasteiger partial charge in [-0.25, -0.2) is 4.98 Å². The first-order valence-corrected chi connectivity index (χ1v) is 4.60. The number of aromatic nitrogens is 2. The van der Waals surface area contributed by atoms with E-state index < -0.39 is 0 Å². The van der Waals surface area contributed by atoms with E-state index in [0.717, 1.165) is 24.1 Å². The summed E-state index contributed by atoms with van der Waals surface area (Å²) < 4.78 is 0. The van der Waals surface area contributed by atoms with Crippen LogP contribution in [-0.2, 0) is 6.42 Å². The molecule has 0 aliphatic heterocycles. The summed E-state index contributed by atoms with van der Waals surface area (Å²) in [7, 11) is 0. The molecule has 2 nitrogen and oxygen atoms in total. The van der Waals surface area contributed by atoms with Crippen molar-refractivity contribution in [2.45, 2.75) is 34.1 Å². The zero-order chi connectivity index (χ0) is 9.14. The second-order valence-electron chi connectivity index (χ2n) is 3.92. The Bertz CT molecular complexity index is 238. The molecule has 0 aliphatic rings. The predicted molar refractivity (Wildman–Crippen MR) is 51.0 cm³/mol. The molecule has 0 bridgehead atoms. The van der Waals surface area contributed by atoms with Crippen LogP contribution in [0.5, 0.6) is 0 Å². The Balaban J connectivity index is 2.52. The molecule has 12 heavy (non-hydrogen) atoms. The van der Waals surface area contributed by atoms with Crippen LogP contribution in [0.2, 0.25) is 0 Å². The van der Waals surface area contributed by atoms with Crippen molar-refractivity contribution in [3.8, 4) is 0 Å². The minimum absolute atomic E-state index is 0.727. The quantitative estimate of drug-likeness (QED) is 0.734. The maximum atomic E-state index is 4.17. The maximum absolute atomic E-state index is 4.17. The van der Waals surface area contributed by atoms with Crippen LogP contribution < -0.4 is 0 Å². The van der Waals surface area contributed by atoms with Gasteiger partial charge in [0.2, 0.25) is 0 Å². The Labute approximate surface area is 74.4 Å². The SMILES string of the molecule is Cc1ncc(CC(C)C(C)C)[nH]1. The Hall–Kier alpha value is -0.790. The number of nitrogens with one attached hydrogen (secondary N) is 1. The number of hydrogen-bond acceptors (Lipinski definition) is 1. The number of aryl methyl sites for hydroxylation is 1. The van der Waals surface area contributed by atoms with Crippen LogP contribution >= 0.6 is 0 Å². The van der Waals surface area contributed by atoms with E-state index in [4.69, 9.17) is 0 Å². The van der Waals surface area contributed by atoms with Crippen LogP contribution in [0.15, 0.2) is 6.20 Å². The highest BCUT2D eigenvalue weighted by molar-refractivity contribution is 5.00. The summed E-state index contributed by atoms with van der Waals surface area (Å²) >= 11 is 0. The molecule has 1 aromatic rings. The average molecular weight is 166 g/mol. The van der Waals surface area contributed by atoms with Crippen molar-refractivity contribution >= 4 is 0 Å². The molecular weight excluding hydrogens is 148 g/mol. The van der Waals surface area contributed by atoms with Gasteiger partial charge in [-0.15, -0.1) is 0 Å². The maximum Gasteiger partial charge on any atom is 0.103 e. The highest BCUT2D eigenvalue weighted by Gasteiger charge is 2.08. The molecule has 0 saturated carbocycles. The lowest BCUT2D eigenvalue weighted by molar-refractivity contribution is 0.414. The summed E-state index contributed by atoms with van der Waals surface area (Å²) in [4.78, 5) is 7.42. The topological polar surface area (TPSA) is 28.7 Å². The molecule has 0 fully saturated rings. The molecular formula is C10H18N2.